The number of nitrogens with one attached hydrogen (secondary N) is 2. The van der Waals surface area contributed by atoms with E-state index in [1.807, 2.05) is 73.7 Å². The maximum Gasteiger partial charge on any atom is 0.293 e. The van der Waals surface area contributed by atoms with Crippen LogP contribution in [-0.4, -0.2) is 16.0 Å². The van der Waals surface area contributed by atoms with E-state index in [2.05, 4.69) is 139 Å². The summed E-state index contributed by atoms with van der Waals surface area (Å²) in [5.74, 6) is 0.297. The fraction of sp³-hybridized carbons (Fsp3) is 0.0222. The number of carbonyl (C=O) groups is 1. The van der Waals surface area contributed by atoms with Crippen LogP contribution in [0.5, 0.6) is 0 Å². The van der Waals surface area contributed by atoms with Crippen LogP contribution < -0.4 is 10.6 Å². The maximum atomic E-state index is 12.5. The lowest BCUT2D eigenvalue weighted by atomic mass is 10.1. The molecule has 0 saturated heterocycles. The van der Waals surface area contributed by atoms with Crippen molar-refractivity contribution in [1.82, 2.24) is 10.3 Å². The topological polar surface area (TPSA) is 80.3 Å². The monoisotopic (exact) mass is 687 g/mol. The SMILES string of the molecule is C=C=C=C=C=C=C=C=C.C=C=C=C=C=C=C=C=C=C=C=C.Cc1ccc(-c2nc3ccccc3o2)cc1NC(=S)NC(=O)c1cc2ccccc2o1. The van der Waals surface area contributed by atoms with Crippen molar-refractivity contribution in [3.05, 3.63) is 208 Å². The van der Waals surface area contributed by atoms with E-state index in [1.54, 1.807) is 6.07 Å². The number of rotatable bonds is 3. The highest BCUT2D eigenvalue weighted by molar-refractivity contribution is 7.80. The Morgan fingerprint density at radius 3 is 1.71 bits per heavy atom. The molecule has 5 rings (SSSR count). The molecular formula is C45H25N3O3S. The number of aromatic nitrogens is 1. The Hall–Kier alpha value is -8.23. The van der Waals surface area contributed by atoms with Gasteiger partial charge >= 0.3 is 0 Å². The van der Waals surface area contributed by atoms with Gasteiger partial charge in [0.2, 0.25) is 5.89 Å². The molecule has 2 aromatic heterocycles. The first-order valence-corrected chi connectivity index (χ1v) is 15.2. The van der Waals surface area contributed by atoms with Crippen molar-refractivity contribution < 1.29 is 13.6 Å². The van der Waals surface area contributed by atoms with Crippen molar-refractivity contribution in [1.29, 1.82) is 0 Å². The number of amides is 1. The predicted molar refractivity (Wildman–Crippen MR) is 206 cm³/mol. The zero-order valence-corrected chi connectivity index (χ0v) is 28.7. The number of carbonyl (C=O) groups excluding carboxylic acids is 1. The second-order valence-corrected chi connectivity index (χ2v) is 9.81. The zero-order valence-electron chi connectivity index (χ0n) is 27.8. The summed E-state index contributed by atoms with van der Waals surface area (Å²) in [6.45, 7) is 15.0. The average molecular weight is 688 g/mol. The molecule has 0 fully saturated rings. The number of hydrogen-bond donors (Lipinski definition) is 2. The van der Waals surface area contributed by atoms with Crippen LogP contribution in [0, 0.1) is 6.92 Å². The van der Waals surface area contributed by atoms with Crippen molar-refractivity contribution in [2.45, 2.75) is 6.92 Å². The number of benzene rings is 3. The molecule has 6 nitrogen and oxygen atoms in total. The number of fused-ring (bicyclic) bond motifs is 2. The van der Waals surface area contributed by atoms with E-state index in [0.717, 1.165) is 33.3 Å². The third-order valence-electron chi connectivity index (χ3n) is 5.94. The van der Waals surface area contributed by atoms with Crippen molar-refractivity contribution in [2.24, 2.45) is 0 Å². The molecule has 0 unspecified atom stereocenters. The van der Waals surface area contributed by atoms with Crippen LogP contribution in [0.2, 0.25) is 0 Å². The van der Waals surface area contributed by atoms with Gasteiger partial charge in [-0.3, -0.25) is 10.1 Å². The molecule has 7 heteroatoms. The summed E-state index contributed by atoms with van der Waals surface area (Å²) in [6.07, 6.45) is 0. The number of thiocarbonyl (C=S) groups is 1. The van der Waals surface area contributed by atoms with Crippen molar-refractivity contribution in [3.8, 4) is 11.5 Å². The van der Waals surface area contributed by atoms with Gasteiger partial charge in [-0.05, 0) is 162 Å². The van der Waals surface area contributed by atoms with E-state index in [9.17, 15) is 4.79 Å². The number of para-hydroxylation sites is 3. The van der Waals surface area contributed by atoms with Gasteiger partial charge in [0.05, 0.1) is 0 Å². The number of aryl methyl sites for hydroxylation is 1. The van der Waals surface area contributed by atoms with Gasteiger partial charge in [-0.25, -0.2) is 4.98 Å². The molecule has 2 N–H and O–H groups in total. The van der Waals surface area contributed by atoms with Gasteiger partial charge in [-0.15, -0.1) is 0 Å². The van der Waals surface area contributed by atoms with Crippen molar-refractivity contribution >= 4 is 51.0 Å². The highest BCUT2D eigenvalue weighted by Crippen LogP contribution is 2.28. The van der Waals surface area contributed by atoms with Gasteiger partial charge in [0.1, 0.15) is 11.1 Å². The quantitative estimate of drug-likeness (QED) is 0.145. The predicted octanol–water partition coefficient (Wildman–Crippen LogP) is 9.92. The summed E-state index contributed by atoms with van der Waals surface area (Å²) in [6, 6.07) is 22.5. The number of hydrogen-bond acceptors (Lipinski definition) is 5. The summed E-state index contributed by atoms with van der Waals surface area (Å²) >= 11 is 5.34. The molecule has 0 radical (unpaired) electrons. The number of furan rings is 1. The van der Waals surface area contributed by atoms with E-state index in [4.69, 9.17) is 21.1 Å². The third-order valence-corrected chi connectivity index (χ3v) is 6.15. The second kappa shape index (κ2) is 21.6. The summed E-state index contributed by atoms with van der Waals surface area (Å²) in [4.78, 5) is 17.1. The van der Waals surface area contributed by atoms with Crippen LogP contribution in [0.4, 0.5) is 5.69 Å². The molecule has 0 aliphatic carbocycles. The van der Waals surface area contributed by atoms with E-state index in [1.165, 1.54) is 0 Å². The van der Waals surface area contributed by atoms with Crippen LogP contribution in [0.1, 0.15) is 16.1 Å². The van der Waals surface area contributed by atoms with E-state index in [0.29, 0.717) is 11.5 Å². The van der Waals surface area contributed by atoms with Crippen LogP contribution >= 0.6 is 12.2 Å². The van der Waals surface area contributed by atoms with Crippen LogP contribution in [-0.2, 0) is 0 Å². The molecule has 0 aliphatic heterocycles. The van der Waals surface area contributed by atoms with Crippen molar-refractivity contribution in [2.75, 3.05) is 5.32 Å². The minimum atomic E-state index is -0.415. The fourth-order valence-corrected chi connectivity index (χ4v) is 3.96. The average Bonchev–Trinajstić information content (AvgIpc) is 3.79. The number of nitrogens with zero attached hydrogens (tertiary/aromatic N) is 1. The van der Waals surface area contributed by atoms with Gasteiger partial charge < -0.3 is 14.2 Å². The first-order chi connectivity index (χ1) is 25.4. The molecule has 0 bridgehead atoms. The van der Waals surface area contributed by atoms with Crippen LogP contribution in [0.3, 0.4) is 0 Å². The lowest BCUT2D eigenvalue weighted by molar-refractivity contribution is 0.0953. The fourth-order valence-electron chi connectivity index (χ4n) is 3.76. The number of anilines is 1. The Bertz CT molecular complexity index is 2690. The van der Waals surface area contributed by atoms with E-state index >= 15 is 0 Å². The summed E-state index contributed by atoms with van der Waals surface area (Å²) in [5.41, 5.74) is 46.1. The highest BCUT2D eigenvalue weighted by Gasteiger charge is 2.15. The largest absolute Gasteiger partial charge is 0.451 e. The Balaban J connectivity index is 0.000000287. The maximum absolute atomic E-state index is 12.5. The third kappa shape index (κ3) is 12.8. The molecule has 0 saturated carbocycles. The molecular weight excluding hydrogens is 663 g/mol. The zero-order chi connectivity index (χ0) is 37.4. The molecule has 0 atom stereocenters. The second-order valence-electron chi connectivity index (χ2n) is 9.41. The first kappa shape index (κ1) is 38.2. The molecule has 2 heterocycles. The Kier molecular flexibility index (Phi) is 15.9. The molecule has 0 spiro atoms. The molecule has 3 aromatic carbocycles. The normalized spacial score (nSPS) is 8.02. The molecule has 0 aliphatic rings. The van der Waals surface area contributed by atoms with Gasteiger partial charge in [-0.2, -0.15) is 0 Å². The minimum absolute atomic E-state index is 0.170. The Labute approximate surface area is 305 Å². The smallest absolute Gasteiger partial charge is 0.293 e. The standard InChI is InChI=1S/C24H17N3O3S.C12H4.C9H4/c1-14-10-11-16(23-25-17-7-3-5-9-20(17)30-23)12-18(14)26-24(31)27-22(28)21-13-15-6-2-4-8-19(15)29-21;1-3-5-7-9-11-12-10-8-6-4-2;1-3-5-7-9-8-6-4-2/h2-13H,1H3,(H2,26,27,28,31);1-2H2;1-2H2. The molecule has 1 amide bonds. The van der Waals surface area contributed by atoms with Crippen LogP contribution in [0.25, 0.3) is 33.5 Å². The lowest BCUT2D eigenvalue weighted by Crippen LogP contribution is -2.34. The molecule has 244 valence electrons. The Morgan fingerprint density at radius 1 is 0.654 bits per heavy atom. The highest BCUT2D eigenvalue weighted by atomic mass is 32.1. The molecule has 5 aromatic rings. The van der Waals surface area contributed by atoms with E-state index in [-0.39, 0.29) is 10.9 Å². The minimum Gasteiger partial charge on any atom is -0.451 e. The van der Waals surface area contributed by atoms with Crippen LogP contribution in [0.15, 0.2) is 205 Å². The van der Waals surface area contributed by atoms with Gasteiger partial charge in [0.15, 0.2) is 16.5 Å². The van der Waals surface area contributed by atoms with Crippen molar-refractivity contribution in [3.63, 3.8) is 0 Å². The number of oxazole rings is 1. The van der Waals surface area contributed by atoms with E-state index < -0.39 is 5.91 Å². The van der Waals surface area contributed by atoms with Gasteiger partial charge in [-0.1, -0.05) is 59.3 Å². The Morgan fingerprint density at radius 2 is 1.17 bits per heavy atom. The lowest BCUT2D eigenvalue weighted by Gasteiger charge is -2.12. The van der Waals surface area contributed by atoms with Gasteiger partial charge in [0, 0.05) is 16.6 Å². The molecule has 52 heavy (non-hydrogen) atoms. The van der Waals surface area contributed by atoms with Gasteiger partial charge in [0.25, 0.3) is 5.91 Å². The summed E-state index contributed by atoms with van der Waals surface area (Å²) in [5, 5.41) is 6.76. The summed E-state index contributed by atoms with van der Waals surface area (Å²) < 4.78 is 11.4. The first-order valence-electron chi connectivity index (χ1n) is 14.8. The summed E-state index contributed by atoms with van der Waals surface area (Å²) in [7, 11) is 0.